The van der Waals surface area contributed by atoms with Crippen molar-refractivity contribution >= 4 is 0 Å². The monoisotopic (exact) mass is 289 g/mol. The van der Waals surface area contributed by atoms with Crippen LogP contribution in [0.5, 0.6) is 0 Å². The van der Waals surface area contributed by atoms with E-state index in [-0.39, 0.29) is 0 Å². The molecule has 3 aromatic rings. The molecule has 3 heteroatoms. The molecule has 3 aromatic heterocycles. The summed E-state index contributed by atoms with van der Waals surface area (Å²) in [5.41, 5.74) is 3.37. The van der Waals surface area contributed by atoms with Gasteiger partial charge in [0.2, 0.25) is 0 Å². The van der Waals surface area contributed by atoms with Crippen molar-refractivity contribution in [2.24, 2.45) is 5.92 Å². The van der Waals surface area contributed by atoms with Crippen molar-refractivity contribution in [2.45, 2.75) is 19.3 Å². The van der Waals surface area contributed by atoms with E-state index in [2.05, 4.69) is 33.2 Å². The number of pyridine rings is 3. The van der Waals surface area contributed by atoms with Crippen LogP contribution in [0.1, 0.15) is 17.1 Å². The van der Waals surface area contributed by atoms with Crippen molar-refractivity contribution in [3.05, 3.63) is 90.3 Å². The van der Waals surface area contributed by atoms with Crippen LogP contribution >= 0.6 is 0 Å². The summed E-state index contributed by atoms with van der Waals surface area (Å²) in [5.74, 6) is 0.444. The van der Waals surface area contributed by atoms with Gasteiger partial charge in [0.1, 0.15) is 0 Å². The molecule has 3 rings (SSSR count). The van der Waals surface area contributed by atoms with Gasteiger partial charge in [0.15, 0.2) is 0 Å². The van der Waals surface area contributed by atoms with E-state index in [1.807, 2.05) is 55.0 Å². The molecular formula is C19H19N3. The van der Waals surface area contributed by atoms with Crippen molar-refractivity contribution in [2.75, 3.05) is 0 Å². The Balaban J connectivity index is 1.75. The standard InChI is InChI=1S/C19H19N3/c1-4-10-20-17(7-1)13-16(14-18-8-2-5-11-21-18)15-19-9-3-6-12-22-19/h1-12,16H,13-15H2. The first kappa shape index (κ1) is 14.4. The fourth-order valence-corrected chi connectivity index (χ4v) is 2.66. The van der Waals surface area contributed by atoms with Gasteiger partial charge in [0.05, 0.1) is 0 Å². The fraction of sp³-hybridized carbons (Fsp3) is 0.211. The molecule has 0 atom stereocenters. The second-order valence-electron chi connectivity index (χ2n) is 5.44. The SMILES string of the molecule is c1ccc(CC(Cc2ccccn2)Cc2ccccn2)nc1. The molecule has 0 aliphatic heterocycles. The lowest BCUT2D eigenvalue weighted by Gasteiger charge is -2.16. The average Bonchev–Trinajstić information content (AvgIpc) is 2.57. The second-order valence-corrected chi connectivity index (χ2v) is 5.44. The number of aromatic nitrogens is 3. The predicted molar refractivity (Wildman–Crippen MR) is 87.3 cm³/mol. The zero-order valence-electron chi connectivity index (χ0n) is 12.5. The maximum absolute atomic E-state index is 4.46. The number of hydrogen-bond acceptors (Lipinski definition) is 3. The van der Waals surface area contributed by atoms with E-state index in [1.54, 1.807) is 0 Å². The second kappa shape index (κ2) is 7.46. The highest BCUT2D eigenvalue weighted by Gasteiger charge is 2.14. The summed E-state index contributed by atoms with van der Waals surface area (Å²) >= 11 is 0. The Bertz CT molecular complexity index is 570. The first-order valence-corrected chi connectivity index (χ1v) is 7.60. The molecule has 3 heterocycles. The number of hydrogen-bond donors (Lipinski definition) is 0. The zero-order chi connectivity index (χ0) is 15.0. The van der Waals surface area contributed by atoms with Crippen LogP contribution in [0.15, 0.2) is 73.2 Å². The third-order valence-electron chi connectivity index (χ3n) is 3.67. The molecule has 0 spiro atoms. The van der Waals surface area contributed by atoms with Gasteiger partial charge in [-0.05, 0) is 61.6 Å². The van der Waals surface area contributed by atoms with Gasteiger partial charge in [-0.1, -0.05) is 18.2 Å². The fourth-order valence-electron chi connectivity index (χ4n) is 2.66. The molecule has 110 valence electrons. The highest BCUT2D eigenvalue weighted by molar-refractivity contribution is 5.11. The Labute approximate surface area is 131 Å². The lowest BCUT2D eigenvalue weighted by Crippen LogP contribution is -2.14. The third-order valence-corrected chi connectivity index (χ3v) is 3.67. The van der Waals surface area contributed by atoms with Crippen LogP contribution in [0.25, 0.3) is 0 Å². The molecule has 22 heavy (non-hydrogen) atoms. The van der Waals surface area contributed by atoms with Crippen LogP contribution in [0.4, 0.5) is 0 Å². The average molecular weight is 289 g/mol. The molecule has 3 nitrogen and oxygen atoms in total. The molecule has 0 radical (unpaired) electrons. The van der Waals surface area contributed by atoms with E-state index in [9.17, 15) is 0 Å². The van der Waals surface area contributed by atoms with Crippen molar-refractivity contribution < 1.29 is 0 Å². The van der Waals surface area contributed by atoms with Crippen LogP contribution in [-0.4, -0.2) is 15.0 Å². The molecule has 0 aliphatic carbocycles. The van der Waals surface area contributed by atoms with E-state index < -0.39 is 0 Å². The van der Waals surface area contributed by atoms with Crippen molar-refractivity contribution in [1.29, 1.82) is 0 Å². The lowest BCUT2D eigenvalue weighted by molar-refractivity contribution is 0.500. The summed E-state index contributed by atoms with van der Waals surface area (Å²) in [4.78, 5) is 13.4. The molecule has 0 unspecified atom stereocenters. The van der Waals surface area contributed by atoms with Crippen molar-refractivity contribution in [1.82, 2.24) is 15.0 Å². The first-order chi connectivity index (χ1) is 10.9. The molecule has 0 fully saturated rings. The van der Waals surface area contributed by atoms with Gasteiger partial charge in [0.25, 0.3) is 0 Å². The lowest BCUT2D eigenvalue weighted by atomic mass is 9.92. The minimum atomic E-state index is 0.444. The molecule has 0 aromatic carbocycles. The number of nitrogens with zero attached hydrogens (tertiary/aromatic N) is 3. The van der Waals surface area contributed by atoms with Crippen LogP contribution in [0, 0.1) is 5.92 Å². The quantitative estimate of drug-likeness (QED) is 0.697. The van der Waals surface area contributed by atoms with E-state index in [0.717, 1.165) is 36.3 Å². The molecule has 0 bridgehead atoms. The summed E-state index contributed by atoms with van der Waals surface area (Å²) in [6, 6.07) is 18.3. The Morgan fingerprint density at radius 1 is 0.545 bits per heavy atom. The van der Waals surface area contributed by atoms with E-state index in [1.165, 1.54) is 0 Å². The molecule has 0 saturated carbocycles. The summed E-state index contributed by atoms with van der Waals surface area (Å²) < 4.78 is 0. The van der Waals surface area contributed by atoms with Crippen LogP contribution in [-0.2, 0) is 19.3 Å². The van der Waals surface area contributed by atoms with Gasteiger partial charge in [-0.2, -0.15) is 0 Å². The molecule has 0 N–H and O–H groups in total. The van der Waals surface area contributed by atoms with Gasteiger partial charge in [-0.3, -0.25) is 15.0 Å². The minimum absolute atomic E-state index is 0.444. The first-order valence-electron chi connectivity index (χ1n) is 7.60. The summed E-state index contributed by atoms with van der Waals surface area (Å²) in [6.45, 7) is 0. The molecular weight excluding hydrogens is 270 g/mol. The van der Waals surface area contributed by atoms with Gasteiger partial charge < -0.3 is 0 Å². The summed E-state index contributed by atoms with van der Waals surface area (Å²) in [7, 11) is 0. The zero-order valence-corrected chi connectivity index (χ0v) is 12.5. The Morgan fingerprint density at radius 2 is 0.909 bits per heavy atom. The molecule has 0 aliphatic rings. The van der Waals surface area contributed by atoms with Gasteiger partial charge in [0, 0.05) is 35.7 Å². The highest BCUT2D eigenvalue weighted by Crippen LogP contribution is 2.16. The van der Waals surface area contributed by atoms with Gasteiger partial charge in [-0.25, -0.2) is 0 Å². The van der Waals surface area contributed by atoms with E-state index in [4.69, 9.17) is 0 Å². The molecule has 0 amide bonds. The van der Waals surface area contributed by atoms with Crippen LogP contribution in [0.2, 0.25) is 0 Å². The molecule has 0 saturated heterocycles. The minimum Gasteiger partial charge on any atom is -0.261 e. The normalized spacial score (nSPS) is 10.8. The highest BCUT2D eigenvalue weighted by atomic mass is 14.7. The maximum atomic E-state index is 4.46. The smallest absolute Gasteiger partial charge is 0.0406 e. The van der Waals surface area contributed by atoms with Gasteiger partial charge >= 0.3 is 0 Å². The third kappa shape index (κ3) is 4.22. The van der Waals surface area contributed by atoms with Crippen molar-refractivity contribution in [3.63, 3.8) is 0 Å². The Hall–Kier alpha value is -2.55. The predicted octanol–water partition coefficient (Wildman–Crippen LogP) is 3.52. The van der Waals surface area contributed by atoms with E-state index in [0.29, 0.717) is 5.92 Å². The van der Waals surface area contributed by atoms with Crippen molar-refractivity contribution in [3.8, 4) is 0 Å². The topological polar surface area (TPSA) is 38.7 Å². The Morgan fingerprint density at radius 3 is 1.18 bits per heavy atom. The maximum Gasteiger partial charge on any atom is 0.0406 e. The van der Waals surface area contributed by atoms with Crippen LogP contribution in [0.3, 0.4) is 0 Å². The van der Waals surface area contributed by atoms with E-state index >= 15 is 0 Å². The van der Waals surface area contributed by atoms with Crippen LogP contribution < -0.4 is 0 Å². The Kier molecular flexibility index (Phi) is 4.88. The summed E-state index contributed by atoms with van der Waals surface area (Å²) in [6.07, 6.45) is 8.38. The largest absolute Gasteiger partial charge is 0.261 e. The van der Waals surface area contributed by atoms with Gasteiger partial charge in [-0.15, -0.1) is 0 Å². The number of rotatable bonds is 6. The summed E-state index contributed by atoms with van der Waals surface area (Å²) in [5, 5.41) is 0.